The molecular weight excluding hydrogens is 465 g/mol. The lowest BCUT2D eigenvalue weighted by molar-refractivity contribution is -0.125. The summed E-state index contributed by atoms with van der Waals surface area (Å²) in [5, 5.41) is 1.85. The summed E-state index contributed by atoms with van der Waals surface area (Å²) in [6, 6.07) is 21.1. The molecule has 1 fully saturated rings. The van der Waals surface area contributed by atoms with Gasteiger partial charge in [0.2, 0.25) is 0 Å². The van der Waals surface area contributed by atoms with E-state index in [4.69, 9.17) is 34.8 Å². The number of carbonyl (C=O) groups is 1. The van der Waals surface area contributed by atoms with Crippen molar-refractivity contribution in [2.45, 2.75) is 12.5 Å². The summed E-state index contributed by atoms with van der Waals surface area (Å²) >= 11 is 18.8. The highest BCUT2D eigenvalue weighted by Crippen LogP contribution is 2.37. The van der Waals surface area contributed by atoms with Gasteiger partial charge in [0.1, 0.15) is 5.71 Å². The number of carbonyl (C=O) groups excluding carboxylic acids is 1. The number of para-hydroxylation sites is 1. The van der Waals surface area contributed by atoms with Gasteiger partial charge in [-0.2, -0.15) is 0 Å². The molecule has 0 N–H and O–H groups in total. The molecule has 162 valence electrons. The molecular formula is C25H20Cl3N3O. The highest BCUT2D eigenvalue weighted by molar-refractivity contribution is 6.41. The molecule has 1 unspecified atom stereocenters. The number of hydrogen-bond acceptors (Lipinski definition) is 3. The van der Waals surface area contributed by atoms with Crippen LogP contribution >= 0.6 is 34.8 Å². The van der Waals surface area contributed by atoms with Crippen LogP contribution in [-0.4, -0.2) is 36.2 Å². The Bertz CT molecular complexity index is 1210. The molecule has 0 spiro atoms. The molecule has 2 aliphatic rings. The topological polar surface area (TPSA) is 35.9 Å². The van der Waals surface area contributed by atoms with Gasteiger partial charge in [0.05, 0.1) is 22.4 Å². The third-order valence-corrected chi connectivity index (χ3v) is 6.78. The summed E-state index contributed by atoms with van der Waals surface area (Å²) in [5.41, 5.74) is 4.54. The maximum atomic E-state index is 13.4. The molecule has 1 saturated heterocycles. The summed E-state index contributed by atoms with van der Waals surface area (Å²) in [4.78, 5) is 22.1. The molecule has 3 aromatic carbocycles. The lowest BCUT2D eigenvalue weighted by atomic mass is 10.0. The quantitative estimate of drug-likeness (QED) is 0.433. The lowest BCUT2D eigenvalue weighted by Crippen LogP contribution is -2.52. The Labute approximate surface area is 202 Å². The van der Waals surface area contributed by atoms with E-state index in [1.54, 1.807) is 6.07 Å². The van der Waals surface area contributed by atoms with Gasteiger partial charge in [-0.15, -0.1) is 0 Å². The summed E-state index contributed by atoms with van der Waals surface area (Å²) in [6.45, 7) is 1.74. The zero-order chi connectivity index (χ0) is 22.2. The fraction of sp³-hybridized carbons (Fsp3) is 0.200. The van der Waals surface area contributed by atoms with Gasteiger partial charge >= 0.3 is 0 Å². The number of hydrogen-bond donors (Lipinski definition) is 0. The van der Waals surface area contributed by atoms with Crippen molar-refractivity contribution in [2.75, 3.05) is 24.5 Å². The molecule has 2 aliphatic heterocycles. The van der Waals surface area contributed by atoms with Crippen LogP contribution in [0.15, 0.2) is 71.7 Å². The van der Waals surface area contributed by atoms with E-state index in [2.05, 4.69) is 9.89 Å². The van der Waals surface area contributed by atoms with Gasteiger partial charge in [-0.3, -0.25) is 4.79 Å². The number of anilines is 1. The van der Waals surface area contributed by atoms with Gasteiger partial charge in [0, 0.05) is 36.1 Å². The van der Waals surface area contributed by atoms with E-state index in [9.17, 15) is 4.79 Å². The summed E-state index contributed by atoms with van der Waals surface area (Å²) in [5.74, 6) is -0.0120. The van der Waals surface area contributed by atoms with Crippen molar-refractivity contribution in [3.63, 3.8) is 0 Å². The van der Waals surface area contributed by atoms with E-state index in [0.717, 1.165) is 22.5 Å². The van der Waals surface area contributed by atoms with E-state index < -0.39 is 0 Å². The van der Waals surface area contributed by atoms with E-state index in [0.29, 0.717) is 46.8 Å². The first-order chi connectivity index (χ1) is 15.5. The van der Waals surface area contributed by atoms with Crippen molar-refractivity contribution in [2.24, 2.45) is 4.99 Å². The smallest absolute Gasteiger partial charge is 0.268 e. The van der Waals surface area contributed by atoms with Crippen molar-refractivity contribution in [3.05, 3.63) is 92.9 Å². The van der Waals surface area contributed by atoms with Crippen LogP contribution in [0.4, 0.5) is 11.4 Å². The standard InChI is InChI=1S/C25H20Cl3N3O/c26-18-7-5-16(6-8-18)24-15-30(11-12-31(24)23-10-9-19(27)14-20(23)28)25(32)22-13-17-3-1-2-4-21(17)29-22/h1-10,14,24H,11-13,15H2. The van der Waals surface area contributed by atoms with Crippen LogP contribution in [0, 0.1) is 0 Å². The second-order valence-corrected chi connectivity index (χ2v) is 9.25. The molecule has 0 aliphatic carbocycles. The van der Waals surface area contributed by atoms with Crippen LogP contribution in [0.2, 0.25) is 15.1 Å². The van der Waals surface area contributed by atoms with E-state index >= 15 is 0 Å². The van der Waals surface area contributed by atoms with Crippen LogP contribution in [0.3, 0.4) is 0 Å². The van der Waals surface area contributed by atoms with Gasteiger partial charge < -0.3 is 9.80 Å². The molecule has 7 heteroatoms. The number of benzene rings is 3. The minimum absolute atomic E-state index is 0.0120. The number of nitrogens with zero attached hydrogens (tertiary/aromatic N) is 3. The maximum Gasteiger partial charge on any atom is 0.268 e. The minimum Gasteiger partial charge on any atom is -0.360 e. The first-order valence-corrected chi connectivity index (χ1v) is 11.5. The van der Waals surface area contributed by atoms with E-state index in [1.165, 1.54) is 0 Å². The zero-order valence-electron chi connectivity index (χ0n) is 17.1. The number of rotatable bonds is 3. The maximum absolute atomic E-state index is 13.4. The Balaban J connectivity index is 1.44. The van der Waals surface area contributed by atoms with Crippen molar-refractivity contribution in [1.29, 1.82) is 0 Å². The third kappa shape index (κ3) is 4.11. The third-order valence-electron chi connectivity index (χ3n) is 5.99. The second-order valence-electron chi connectivity index (χ2n) is 7.97. The Kier molecular flexibility index (Phi) is 5.85. The molecule has 0 bridgehead atoms. The van der Waals surface area contributed by atoms with E-state index in [1.807, 2.05) is 65.6 Å². The number of aliphatic imine (C=N–C) groups is 1. The van der Waals surface area contributed by atoms with Crippen molar-refractivity contribution in [1.82, 2.24) is 4.90 Å². The molecule has 1 atom stereocenters. The normalized spacial score (nSPS) is 17.8. The fourth-order valence-electron chi connectivity index (χ4n) is 4.38. The monoisotopic (exact) mass is 483 g/mol. The summed E-state index contributed by atoms with van der Waals surface area (Å²) < 4.78 is 0. The predicted molar refractivity (Wildman–Crippen MR) is 132 cm³/mol. The van der Waals surface area contributed by atoms with Crippen LogP contribution in [0.5, 0.6) is 0 Å². The molecule has 0 aromatic heterocycles. The van der Waals surface area contributed by atoms with Crippen LogP contribution in [-0.2, 0) is 11.2 Å². The fourth-order valence-corrected chi connectivity index (χ4v) is 5.02. The predicted octanol–water partition coefficient (Wildman–Crippen LogP) is 6.37. The highest BCUT2D eigenvalue weighted by atomic mass is 35.5. The van der Waals surface area contributed by atoms with E-state index in [-0.39, 0.29) is 11.9 Å². The summed E-state index contributed by atoms with van der Waals surface area (Å²) in [7, 11) is 0. The van der Waals surface area contributed by atoms with Crippen molar-refractivity contribution < 1.29 is 4.79 Å². The molecule has 5 rings (SSSR count). The number of halogens is 3. The second kappa shape index (κ2) is 8.78. The van der Waals surface area contributed by atoms with Gasteiger partial charge in [0.25, 0.3) is 5.91 Å². The van der Waals surface area contributed by atoms with Crippen LogP contribution < -0.4 is 4.90 Å². The van der Waals surface area contributed by atoms with Gasteiger partial charge in [-0.25, -0.2) is 4.99 Å². The number of piperazine rings is 1. The first-order valence-electron chi connectivity index (χ1n) is 10.4. The Morgan fingerprint density at radius 1 is 0.906 bits per heavy atom. The largest absolute Gasteiger partial charge is 0.360 e. The van der Waals surface area contributed by atoms with Gasteiger partial charge in [0.15, 0.2) is 0 Å². The lowest BCUT2D eigenvalue weighted by Gasteiger charge is -2.43. The zero-order valence-corrected chi connectivity index (χ0v) is 19.4. The molecule has 2 heterocycles. The molecule has 4 nitrogen and oxygen atoms in total. The SMILES string of the molecule is O=C(C1=Nc2ccccc2C1)N1CCN(c2ccc(Cl)cc2Cl)C(c2ccc(Cl)cc2)C1. The van der Waals surface area contributed by atoms with Crippen molar-refractivity contribution >= 4 is 57.8 Å². The Hall–Kier alpha value is -2.53. The first kappa shape index (κ1) is 21.3. The summed E-state index contributed by atoms with van der Waals surface area (Å²) in [6.07, 6.45) is 0.573. The number of amides is 1. The molecule has 32 heavy (non-hydrogen) atoms. The van der Waals surface area contributed by atoms with Gasteiger partial charge in [-0.1, -0.05) is 65.1 Å². The van der Waals surface area contributed by atoms with Crippen LogP contribution in [0.25, 0.3) is 0 Å². The van der Waals surface area contributed by atoms with Crippen molar-refractivity contribution in [3.8, 4) is 0 Å². The van der Waals surface area contributed by atoms with Gasteiger partial charge in [-0.05, 0) is 47.5 Å². The molecule has 0 saturated carbocycles. The average molecular weight is 485 g/mol. The average Bonchev–Trinajstić information content (AvgIpc) is 3.23. The highest BCUT2D eigenvalue weighted by Gasteiger charge is 2.34. The molecule has 1 amide bonds. The Morgan fingerprint density at radius 2 is 1.66 bits per heavy atom. The molecule has 0 radical (unpaired) electrons. The minimum atomic E-state index is -0.0759. The van der Waals surface area contributed by atoms with Crippen LogP contribution in [0.1, 0.15) is 17.2 Å². The Morgan fingerprint density at radius 3 is 2.41 bits per heavy atom. The molecule has 3 aromatic rings. The number of fused-ring (bicyclic) bond motifs is 1.